The summed E-state index contributed by atoms with van der Waals surface area (Å²) in [5, 5.41) is 10.9. The topological polar surface area (TPSA) is 92.7 Å². The highest BCUT2D eigenvalue weighted by Crippen LogP contribution is 2.28. The van der Waals surface area contributed by atoms with Gasteiger partial charge in [0.1, 0.15) is 5.69 Å². The number of hydrogen-bond donors (Lipinski definition) is 1. The fraction of sp³-hybridized carbons (Fsp3) is 0.500. The fourth-order valence-electron chi connectivity index (χ4n) is 3.24. The average molecular weight is 290 g/mol. The zero-order valence-electron chi connectivity index (χ0n) is 11.7. The number of carbonyl (C=O) groups is 1. The van der Waals surface area contributed by atoms with Crippen LogP contribution in [0.2, 0.25) is 0 Å². The lowest BCUT2D eigenvalue weighted by atomic mass is 10.1. The highest BCUT2D eigenvalue weighted by molar-refractivity contribution is 6.01. The van der Waals surface area contributed by atoms with E-state index in [1.807, 2.05) is 0 Å². The number of nitrogen functional groups attached to an aromatic ring is 1. The number of nitrogens with two attached hydrogens (primary N) is 1. The van der Waals surface area contributed by atoms with E-state index in [4.69, 9.17) is 5.73 Å². The van der Waals surface area contributed by atoms with Crippen LogP contribution >= 0.6 is 0 Å². The number of benzene rings is 1. The lowest BCUT2D eigenvalue weighted by molar-refractivity contribution is -0.383. The maximum atomic E-state index is 12.6. The van der Waals surface area contributed by atoms with Crippen LogP contribution in [-0.2, 0) is 0 Å². The number of nitro groups is 1. The first-order valence-electron chi connectivity index (χ1n) is 7.14. The monoisotopic (exact) mass is 290 g/mol. The summed E-state index contributed by atoms with van der Waals surface area (Å²) in [4.78, 5) is 27.1. The van der Waals surface area contributed by atoms with E-state index in [9.17, 15) is 14.9 Å². The SMILES string of the molecule is Nc1c(C(=O)N2CCN3CCCC3C2)cccc1[N+](=O)[O-]. The van der Waals surface area contributed by atoms with Crippen molar-refractivity contribution in [1.82, 2.24) is 9.80 Å². The predicted octanol–water partition coefficient (Wildman–Crippen LogP) is 1.10. The van der Waals surface area contributed by atoms with E-state index >= 15 is 0 Å². The van der Waals surface area contributed by atoms with Crippen LogP contribution in [-0.4, -0.2) is 52.9 Å². The summed E-state index contributed by atoms with van der Waals surface area (Å²) in [6.07, 6.45) is 2.28. The van der Waals surface area contributed by atoms with E-state index in [0.717, 1.165) is 19.5 Å². The summed E-state index contributed by atoms with van der Waals surface area (Å²) in [5.41, 5.74) is 5.78. The molecular weight excluding hydrogens is 272 g/mol. The maximum absolute atomic E-state index is 12.6. The molecule has 0 aliphatic carbocycles. The molecule has 0 saturated carbocycles. The minimum Gasteiger partial charge on any atom is -0.393 e. The largest absolute Gasteiger partial charge is 0.393 e. The number of fused-ring (bicyclic) bond motifs is 1. The molecule has 2 N–H and O–H groups in total. The molecule has 7 heteroatoms. The van der Waals surface area contributed by atoms with Gasteiger partial charge in [0.25, 0.3) is 11.6 Å². The summed E-state index contributed by atoms with van der Waals surface area (Å²) in [6, 6.07) is 4.81. The first-order valence-corrected chi connectivity index (χ1v) is 7.14. The molecule has 2 aliphatic heterocycles. The van der Waals surface area contributed by atoms with Gasteiger partial charge in [0, 0.05) is 31.7 Å². The molecule has 1 aromatic rings. The maximum Gasteiger partial charge on any atom is 0.292 e. The van der Waals surface area contributed by atoms with Crippen molar-refractivity contribution in [3.05, 3.63) is 33.9 Å². The van der Waals surface area contributed by atoms with Gasteiger partial charge in [-0.15, -0.1) is 0 Å². The average Bonchev–Trinajstić information content (AvgIpc) is 2.93. The smallest absolute Gasteiger partial charge is 0.292 e. The van der Waals surface area contributed by atoms with Gasteiger partial charge in [-0.2, -0.15) is 0 Å². The van der Waals surface area contributed by atoms with Crippen molar-refractivity contribution in [3.63, 3.8) is 0 Å². The minimum atomic E-state index is -0.555. The second-order valence-electron chi connectivity index (χ2n) is 5.58. The van der Waals surface area contributed by atoms with Crippen molar-refractivity contribution >= 4 is 17.3 Å². The number of hydrogen-bond acceptors (Lipinski definition) is 5. The Morgan fingerprint density at radius 1 is 1.33 bits per heavy atom. The summed E-state index contributed by atoms with van der Waals surface area (Å²) in [6.45, 7) is 3.30. The Bertz CT molecular complexity index is 590. The second-order valence-corrected chi connectivity index (χ2v) is 5.58. The van der Waals surface area contributed by atoms with Gasteiger partial charge in [-0.1, -0.05) is 6.07 Å². The number of rotatable bonds is 2. The van der Waals surface area contributed by atoms with Crippen LogP contribution in [0.15, 0.2) is 18.2 Å². The van der Waals surface area contributed by atoms with E-state index in [1.54, 1.807) is 11.0 Å². The van der Waals surface area contributed by atoms with Crippen LogP contribution in [0.4, 0.5) is 11.4 Å². The van der Waals surface area contributed by atoms with Crippen LogP contribution in [0.5, 0.6) is 0 Å². The van der Waals surface area contributed by atoms with Crippen molar-refractivity contribution in [2.75, 3.05) is 31.9 Å². The zero-order chi connectivity index (χ0) is 15.0. The highest BCUT2D eigenvalue weighted by atomic mass is 16.6. The van der Waals surface area contributed by atoms with E-state index in [-0.39, 0.29) is 22.8 Å². The number of amides is 1. The van der Waals surface area contributed by atoms with Crippen LogP contribution in [0.1, 0.15) is 23.2 Å². The van der Waals surface area contributed by atoms with Gasteiger partial charge in [-0.05, 0) is 25.5 Å². The number of carbonyl (C=O) groups excluding carboxylic acids is 1. The Labute approximate surface area is 122 Å². The van der Waals surface area contributed by atoms with Crippen LogP contribution in [0, 0.1) is 10.1 Å². The van der Waals surface area contributed by atoms with Gasteiger partial charge >= 0.3 is 0 Å². The molecule has 21 heavy (non-hydrogen) atoms. The molecular formula is C14H18N4O3. The summed E-state index contributed by atoms with van der Waals surface area (Å²) < 4.78 is 0. The molecule has 1 unspecified atom stereocenters. The molecule has 7 nitrogen and oxygen atoms in total. The summed E-state index contributed by atoms with van der Waals surface area (Å²) in [7, 11) is 0. The molecule has 0 radical (unpaired) electrons. The Kier molecular flexibility index (Phi) is 3.50. The third kappa shape index (κ3) is 2.44. The third-order valence-corrected chi connectivity index (χ3v) is 4.38. The first kappa shape index (κ1) is 13.8. The lowest BCUT2D eigenvalue weighted by Gasteiger charge is -2.37. The standard InChI is InChI=1S/C14H18N4O3/c15-13-11(4-1-5-12(13)18(20)21)14(19)17-8-7-16-6-2-3-10(16)9-17/h1,4-5,10H,2-3,6-9,15H2. The van der Waals surface area contributed by atoms with Gasteiger partial charge in [-0.25, -0.2) is 0 Å². The van der Waals surface area contributed by atoms with E-state index in [0.29, 0.717) is 19.1 Å². The zero-order valence-corrected chi connectivity index (χ0v) is 11.7. The van der Waals surface area contributed by atoms with Gasteiger partial charge in [-0.3, -0.25) is 19.8 Å². The Hall–Kier alpha value is -2.15. The molecule has 1 aromatic carbocycles. The van der Waals surface area contributed by atoms with E-state index in [2.05, 4.69) is 4.90 Å². The Morgan fingerprint density at radius 2 is 2.14 bits per heavy atom. The van der Waals surface area contributed by atoms with Crippen molar-refractivity contribution in [3.8, 4) is 0 Å². The Morgan fingerprint density at radius 3 is 2.90 bits per heavy atom. The van der Waals surface area contributed by atoms with Gasteiger partial charge in [0.15, 0.2) is 0 Å². The number of nitrogens with zero attached hydrogens (tertiary/aromatic N) is 3. The van der Waals surface area contributed by atoms with E-state index in [1.165, 1.54) is 18.6 Å². The minimum absolute atomic E-state index is 0.0404. The van der Waals surface area contributed by atoms with E-state index < -0.39 is 4.92 Å². The van der Waals surface area contributed by atoms with Gasteiger partial charge in [0.2, 0.25) is 0 Å². The van der Waals surface area contributed by atoms with Crippen LogP contribution in [0.25, 0.3) is 0 Å². The molecule has 0 spiro atoms. The fourth-order valence-corrected chi connectivity index (χ4v) is 3.24. The molecule has 2 saturated heterocycles. The van der Waals surface area contributed by atoms with Gasteiger partial charge in [0.05, 0.1) is 10.5 Å². The molecule has 112 valence electrons. The van der Waals surface area contributed by atoms with Gasteiger partial charge < -0.3 is 10.6 Å². The number of para-hydroxylation sites is 1. The molecule has 2 heterocycles. The predicted molar refractivity (Wildman–Crippen MR) is 78.0 cm³/mol. The normalized spacial score (nSPS) is 22.1. The van der Waals surface area contributed by atoms with Crippen molar-refractivity contribution < 1.29 is 9.72 Å². The number of piperazine rings is 1. The van der Waals surface area contributed by atoms with Crippen molar-refractivity contribution in [2.24, 2.45) is 0 Å². The molecule has 1 amide bonds. The number of nitro benzene ring substituents is 1. The third-order valence-electron chi connectivity index (χ3n) is 4.38. The summed E-state index contributed by atoms with van der Waals surface area (Å²) >= 11 is 0. The Balaban J connectivity index is 1.82. The van der Waals surface area contributed by atoms with Crippen LogP contribution < -0.4 is 5.73 Å². The summed E-state index contributed by atoms with van der Waals surface area (Å²) in [5.74, 6) is -0.206. The number of anilines is 1. The second kappa shape index (κ2) is 5.33. The highest BCUT2D eigenvalue weighted by Gasteiger charge is 2.33. The molecule has 0 aromatic heterocycles. The molecule has 2 aliphatic rings. The molecule has 3 rings (SSSR count). The molecule has 1 atom stereocenters. The van der Waals surface area contributed by atoms with Crippen molar-refractivity contribution in [2.45, 2.75) is 18.9 Å². The quantitative estimate of drug-likeness (QED) is 0.500. The lowest BCUT2D eigenvalue weighted by Crippen LogP contribution is -2.52. The van der Waals surface area contributed by atoms with Crippen molar-refractivity contribution in [1.29, 1.82) is 0 Å². The molecule has 0 bridgehead atoms. The van der Waals surface area contributed by atoms with Crippen LogP contribution in [0.3, 0.4) is 0 Å². The molecule has 2 fully saturated rings. The first-order chi connectivity index (χ1) is 10.1.